The lowest BCUT2D eigenvalue weighted by Crippen LogP contribution is -2.14. The van der Waals surface area contributed by atoms with Crippen LogP contribution in [-0.4, -0.2) is 92.5 Å². The van der Waals surface area contributed by atoms with E-state index in [-0.39, 0.29) is 0 Å². The highest BCUT2D eigenvalue weighted by atomic mass is 16.6. The number of ether oxygens (including phenoxy) is 7. The van der Waals surface area contributed by atoms with Gasteiger partial charge in [-0.15, -0.1) is 6.58 Å². The molecule has 0 aromatic heterocycles. The van der Waals surface area contributed by atoms with Gasteiger partial charge in [-0.2, -0.15) is 0 Å². The van der Waals surface area contributed by atoms with E-state index in [0.717, 1.165) is 13.0 Å². The van der Waals surface area contributed by atoms with Crippen molar-refractivity contribution in [1.82, 2.24) is 0 Å². The Hall–Kier alpha value is -0.540. The minimum absolute atomic E-state index is 0.554. The van der Waals surface area contributed by atoms with Crippen molar-refractivity contribution in [2.75, 3.05) is 92.5 Å². The van der Waals surface area contributed by atoms with Gasteiger partial charge < -0.3 is 33.2 Å². The topological polar surface area (TPSA) is 64.6 Å². The fourth-order valence-corrected chi connectivity index (χ4v) is 2.47. The maximum Gasteiger partial charge on any atom is 0.0704 e. The lowest BCUT2D eigenvalue weighted by atomic mass is 10.1. The summed E-state index contributed by atoms with van der Waals surface area (Å²) in [5.74, 6) is 0. The summed E-state index contributed by atoms with van der Waals surface area (Å²) >= 11 is 0. The second kappa shape index (κ2) is 28.5. The van der Waals surface area contributed by atoms with Crippen molar-refractivity contribution in [3.63, 3.8) is 0 Å². The summed E-state index contributed by atoms with van der Waals surface area (Å²) < 4.78 is 37.9. The molecule has 0 atom stereocenters. The lowest BCUT2D eigenvalue weighted by Gasteiger charge is -2.08. The van der Waals surface area contributed by atoms with E-state index >= 15 is 0 Å². The van der Waals surface area contributed by atoms with Gasteiger partial charge in [0.05, 0.1) is 85.9 Å². The molecule has 0 spiro atoms. The molecule has 0 N–H and O–H groups in total. The highest BCUT2D eigenvalue weighted by Gasteiger charge is 1.95. The van der Waals surface area contributed by atoms with Crippen LogP contribution >= 0.6 is 0 Å². The van der Waals surface area contributed by atoms with Crippen LogP contribution in [0.4, 0.5) is 0 Å². The van der Waals surface area contributed by atoms with Gasteiger partial charge in [-0.3, -0.25) is 0 Å². The Morgan fingerprint density at radius 3 is 1.17 bits per heavy atom. The average molecular weight is 435 g/mol. The molecule has 0 saturated heterocycles. The van der Waals surface area contributed by atoms with Crippen LogP contribution in [0.5, 0.6) is 0 Å². The van der Waals surface area contributed by atoms with E-state index in [9.17, 15) is 0 Å². The van der Waals surface area contributed by atoms with Gasteiger partial charge in [0, 0.05) is 6.61 Å². The van der Waals surface area contributed by atoms with Crippen molar-refractivity contribution in [1.29, 1.82) is 0 Å². The van der Waals surface area contributed by atoms with E-state index < -0.39 is 0 Å². The van der Waals surface area contributed by atoms with E-state index in [2.05, 4.69) is 13.5 Å². The molecular formula is C23H46O7. The molecule has 30 heavy (non-hydrogen) atoms. The predicted molar refractivity (Wildman–Crippen MR) is 119 cm³/mol. The van der Waals surface area contributed by atoms with Gasteiger partial charge >= 0.3 is 0 Å². The summed E-state index contributed by atoms with van der Waals surface area (Å²) in [6.07, 6.45) is 9.45. The molecule has 0 bridgehead atoms. The van der Waals surface area contributed by atoms with E-state index in [1.807, 2.05) is 0 Å². The molecule has 0 heterocycles. The molecule has 7 nitrogen and oxygen atoms in total. The zero-order chi connectivity index (χ0) is 21.8. The van der Waals surface area contributed by atoms with E-state index in [1.54, 1.807) is 6.08 Å². The Morgan fingerprint density at radius 2 is 0.767 bits per heavy atom. The third-order valence-electron chi connectivity index (χ3n) is 4.11. The standard InChI is InChI=1S/C23H46O7/c1-3-5-6-7-8-9-11-25-13-15-27-17-19-29-21-23-30-22-20-28-18-16-26-14-12-24-10-4-2/h4H,2-3,5-23H2,1H3. The van der Waals surface area contributed by atoms with Crippen LogP contribution in [-0.2, 0) is 33.2 Å². The predicted octanol–water partition coefficient (Wildman–Crippen LogP) is 3.65. The average Bonchev–Trinajstić information content (AvgIpc) is 2.76. The maximum absolute atomic E-state index is 5.56. The molecule has 0 fully saturated rings. The molecule has 180 valence electrons. The molecule has 0 aliphatic carbocycles. The van der Waals surface area contributed by atoms with Crippen molar-refractivity contribution >= 4 is 0 Å². The second-order valence-electron chi connectivity index (χ2n) is 6.81. The Bertz CT molecular complexity index is 316. The first-order valence-corrected chi connectivity index (χ1v) is 11.6. The third kappa shape index (κ3) is 27.5. The van der Waals surface area contributed by atoms with Crippen LogP contribution in [0.15, 0.2) is 12.7 Å². The van der Waals surface area contributed by atoms with Crippen molar-refractivity contribution in [2.24, 2.45) is 0 Å². The first kappa shape index (κ1) is 29.5. The van der Waals surface area contributed by atoms with Gasteiger partial charge in [-0.25, -0.2) is 0 Å². The van der Waals surface area contributed by atoms with Gasteiger partial charge in [0.1, 0.15) is 0 Å². The van der Waals surface area contributed by atoms with Crippen molar-refractivity contribution in [3.8, 4) is 0 Å². The SMILES string of the molecule is C=CCOCCOCCOCCOCCOCCOCCOCCCCCCCC. The summed E-state index contributed by atoms with van der Waals surface area (Å²) in [4.78, 5) is 0. The van der Waals surface area contributed by atoms with Gasteiger partial charge in [-0.05, 0) is 6.42 Å². The van der Waals surface area contributed by atoms with Gasteiger partial charge in [-0.1, -0.05) is 45.1 Å². The number of unbranched alkanes of at least 4 members (excludes halogenated alkanes) is 5. The smallest absolute Gasteiger partial charge is 0.0704 e. The van der Waals surface area contributed by atoms with Gasteiger partial charge in [0.15, 0.2) is 0 Å². The minimum atomic E-state index is 0.554. The van der Waals surface area contributed by atoms with Crippen LogP contribution in [0.25, 0.3) is 0 Å². The Labute approximate surface area is 184 Å². The van der Waals surface area contributed by atoms with E-state index in [0.29, 0.717) is 85.9 Å². The second-order valence-corrected chi connectivity index (χ2v) is 6.81. The molecule has 7 heteroatoms. The summed E-state index contributed by atoms with van der Waals surface area (Å²) in [6, 6.07) is 0. The number of hydrogen-bond donors (Lipinski definition) is 0. The zero-order valence-electron chi connectivity index (χ0n) is 19.3. The molecule has 0 amide bonds. The third-order valence-corrected chi connectivity index (χ3v) is 4.11. The van der Waals surface area contributed by atoms with Gasteiger partial charge in [0.25, 0.3) is 0 Å². The summed E-state index contributed by atoms with van der Waals surface area (Å²) in [5.41, 5.74) is 0. The summed E-state index contributed by atoms with van der Waals surface area (Å²) in [5, 5.41) is 0. The highest BCUT2D eigenvalue weighted by molar-refractivity contribution is 4.63. The Balaban J connectivity index is 2.98. The van der Waals surface area contributed by atoms with Crippen molar-refractivity contribution in [2.45, 2.75) is 45.4 Å². The maximum atomic E-state index is 5.56. The quantitative estimate of drug-likeness (QED) is 0.144. The molecule has 0 saturated carbocycles. The molecule has 0 radical (unpaired) electrons. The molecule has 0 aliphatic heterocycles. The van der Waals surface area contributed by atoms with Crippen LogP contribution in [0.2, 0.25) is 0 Å². The molecule has 0 rings (SSSR count). The van der Waals surface area contributed by atoms with Crippen molar-refractivity contribution < 1.29 is 33.2 Å². The minimum Gasteiger partial charge on any atom is -0.379 e. The van der Waals surface area contributed by atoms with Crippen LogP contribution in [0, 0.1) is 0 Å². The fraction of sp³-hybridized carbons (Fsp3) is 0.913. The molecule has 0 unspecified atom stereocenters. The monoisotopic (exact) mass is 434 g/mol. The van der Waals surface area contributed by atoms with Crippen molar-refractivity contribution in [3.05, 3.63) is 12.7 Å². The lowest BCUT2D eigenvalue weighted by molar-refractivity contribution is -0.0198. The summed E-state index contributed by atoms with van der Waals surface area (Å²) in [6.45, 7) is 14.1. The van der Waals surface area contributed by atoms with E-state index in [4.69, 9.17) is 33.2 Å². The number of hydrogen-bond acceptors (Lipinski definition) is 7. The molecular weight excluding hydrogens is 388 g/mol. The first-order chi connectivity index (χ1) is 14.9. The van der Waals surface area contributed by atoms with Crippen LogP contribution in [0.1, 0.15) is 45.4 Å². The van der Waals surface area contributed by atoms with Crippen LogP contribution in [0.3, 0.4) is 0 Å². The number of rotatable bonds is 27. The fourth-order valence-electron chi connectivity index (χ4n) is 2.47. The normalized spacial score (nSPS) is 11.2. The molecule has 0 aliphatic rings. The Morgan fingerprint density at radius 1 is 0.433 bits per heavy atom. The highest BCUT2D eigenvalue weighted by Crippen LogP contribution is 2.04. The largest absolute Gasteiger partial charge is 0.379 e. The summed E-state index contributed by atoms with van der Waals surface area (Å²) in [7, 11) is 0. The Kier molecular flexibility index (Phi) is 27.9. The van der Waals surface area contributed by atoms with Gasteiger partial charge in [0.2, 0.25) is 0 Å². The van der Waals surface area contributed by atoms with Crippen LogP contribution < -0.4 is 0 Å². The first-order valence-electron chi connectivity index (χ1n) is 11.6. The molecule has 0 aromatic carbocycles. The molecule has 0 aromatic rings. The van der Waals surface area contributed by atoms with E-state index in [1.165, 1.54) is 32.1 Å². The zero-order valence-corrected chi connectivity index (χ0v) is 19.3.